The van der Waals surface area contributed by atoms with Crippen molar-refractivity contribution in [3.05, 3.63) is 0 Å². The molecule has 0 aliphatic heterocycles. The lowest BCUT2D eigenvalue weighted by Crippen LogP contribution is -2.60. The fraction of sp³-hybridized carbons (Fsp3) is 1.00. The van der Waals surface area contributed by atoms with E-state index >= 15 is 0 Å². The van der Waals surface area contributed by atoms with Crippen LogP contribution in [0.25, 0.3) is 0 Å². The molecular formula is C7H7Cl2F9Si. The van der Waals surface area contributed by atoms with Crippen LogP contribution in [0.4, 0.5) is 39.5 Å². The van der Waals surface area contributed by atoms with Crippen LogP contribution in [0.15, 0.2) is 0 Å². The first kappa shape index (κ1) is 19.2. The quantitative estimate of drug-likeness (QED) is 0.358. The minimum atomic E-state index is -6.83. The average molecular weight is 361 g/mol. The summed E-state index contributed by atoms with van der Waals surface area (Å²) in [5.41, 5.74) is 0. The molecule has 116 valence electrons. The molecule has 0 aliphatic carbocycles. The molecule has 0 saturated heterocycles. The Morgan fingerprint density at radius 2 is 1.16 bits per heavy atom. The molecule has 0 aliphatic rings. The summed E-state index contributed by atoms with van der Waals surface area (Å²) in [5, 5.41) is 0. The van der Waals surface area contributed by atoms with Crippen molar-refractivity contribution in [2.75, 3.05) is 0 Å². The van der Waals surface area contributed by atoms with E-state index in [1.165, 1.54) is 0 Å². The van der Waals surface area contributed by atoms with Crippen molar-refractivity contribution in [1.82, 2.24) is 0 Å². The topological polar surface area (TPSA) is 0 Å². The summed E-state index contributed by atoms with van der Waals surface area (Å²) >= 11 is 10.5. The third-order valence-corrected chi connectivity index (χ3v) is 4.28. The number of hydrogen-bond donors (Lipinski definition) is 0. The summed E-state index contributed by atoms with van der Waals surface area (Å²) in [6.45, 7) is 0. The normalized spacial score (nSPS) is 15.2. The molecule has 0 aromatic rings. The Hall–Kier alpha value is 0.167. The average Bonchev–Trinajstić information content (AvgIpc) is 2.14. The van der Waals surface area contributed by atoms with Gasteiger partial charge in [0.15, 0.2) is 0 Å². The number of halogens is 11. The molecule has 0 N–H and O–H groups in total. The van der Waals surface area contributed by atoms with E-state index in [1.54, 1.807) is 0 Å². The zero-order chi connectivity index (χ0) is 15.7. The highest BCUT2D eigenvalue weighted by Gasteiger charge is 2.81. The molecule has 0 radical (unpaired) electrons. The molecule has 19 heavy (non-hydrogen) atoms. The van der Waals surface area contributed by atoms with Gasteiger partial charge < -0.3 is 0 Å². The molecule has 0 spiro atoms. The van der Waals surface area contributed by atoms with Crippen LogP contribution in [-0.2, 0) is 0 Å². The summed E-state index contributed by atoms with van der Waals surface area (Å²) in [5.74, 6) is -18.9. The van der Waals surface area contributed by atoms with Gasteiger partial charge in [-0.3, -0.25) is 0 Å². The third-order valence-electron chi connectivity index (χ3n) is 2.12. The molecule has 12 heteroatoms. The van der Waals surface area contributed by atoms with E-state index in [9.17, 15) is 39.5 Å². The number of rotatable bonds is 6. The first-order valence-electron chi connectivity index (χ1n) is 4.65. The molecule has 0 nitrogen and oxygen atoms in total. The fourth-order valence-electron chi connectivity index (χ4n) is 1.04. The first-order chi connectivity index (χ1) is 8.17. The molecule has 0 amide bonds. The fourth-order valence-corrected chi connectivity index (χ4v) is 2.48. The Bertz CT molecular complexity index is 301. The van der Waals surface area contributed by atoms with Gasteiger partial charge in [0.1, 0.15) is 0 Å². The third kappa shape index (κ3) is 4.07. The largest absolute Gasteiger partial charge is 0.460 e. The van der Waals surface area contributed by atoms with Crippen molar-refractivity contribution in [2.45, 2.75) is 42.8 Å². The van der Waals surface area contributed by atoms with Crippen LogP contribution in [0.1, 0.15) is 12.8 Å². The molecule has 0 rings (SSSR count). The Balaban J connectivity index is 5.06. The van der Waals surface area contributed by atoms with Gasteiger partial charge in [-0.15, -0.1) is 0 Å². The Kier molecular flexibility index (Phi) is 5.93. The second kappa shape index (κ2) is 5.88. The van der Waals surface area contributed by atoms with E-state index in [2.05, 4.69) is 0 Å². The summed E-state index contributed by atoms with van der Waals surface area (Å²) in [6.07, 6.45) is -9.43. The number of hydrogen-bond acceptors (Lipinski definition) is 0. The molecule has 0 heterocycles. The lowest BCUT2D eigenvalue weighted by Gasteiger charge is -2.33. The zero-order valence-corrected chi connectivity index (χ0v) is 11.5. The van der Waals surface area contributed by atoms with Crippen molar-refractivity contribution in [1.29, 1.82) is 0 Å². The van der Waals surface area contributed by atoms with E-state index in [1.807, 2.05) is 0 Å². The molecule has 0 unspecified atom stereocenters. The van der Waals surface area contributed by atoms with Crippen LogP contribution in [-0.4, -0.2) is 31.4 Å². The van der Waals surface area contributed by atoms with E-state index in [4.69, 9.17) is 22.2 Å². The minimum Gasteiger partial charge on any atom is -0.200 e. The highest BCUT2D eigenvalue weighted by molar-refractivity contribution is 7.33. The monoisotopic (exact) mass is 360 g/mol. The molecule has 0 aromatic heterocycles. The molecule has 0 fully saturated rings. The number of alkyl halides is 9. The molecular weight excluding hydrogens is 354 g/mol. The van der Waals surface area contributed by atoms with Gasteiger partial charge in [0, 0.05) is 6.42 Å². The predicted octanol–water partition coefficient (Wildman–Crippen LogP) is 4.93. The van der Waals surface area contributed by atoms with E-state index in [-0.39, 0.29) is 6.04 Å². The standard InChI is InChI=1S/C7H7Cl2F9Si/c8-19(9)3-1-2-4(10,11)5(12,13)6(14,15)7(16,17)18/h19H,1-3H2. The van der Waals surface area contributed by atoms with Crippen LogP contribution < -0.4 is 0 Å². The van der Waals surface area contributed by atoms with Gasteiger partial charge in [-0.1, -0.05) is 0 Å². The van der Waals surface area contributed by atoms with Gasteiger partial charge >= 0.3 is 23.9 Å². The summed E-state index contributed by atoms with van der Waals surface area (Å²) in [4.78, 5) is 0. The smallest absolute Gasteiger partial charge is 0.200 e. The van der Waals surface area contributed by atoms with Gasteiger partial charge in [-0.25, -0.2) is 0 Å². The van der Waals surface area contributed by atoms with Crippen molar-refractivity contribution in [3.63, 3.8) is 0 Å². The summed E-state index contributed by atoms with van der Waals surface area (Å²) in [6, 6.07) is -0.313. The van der Waals surface area contributed by atoms with Gasteiger partial charge in [0.2, 0.25) is 7.42 Å². The van der Waals surface area contributed by atoms with E-state index in [0.717, 1.165) is 0 Å². The Morgan fingerprint density at radius 3 is 1.47 bits per heavy atom. The Morgan fingerprint density at radius 1 is 0.737 bits per heavy atom. The van der Waals surface area contributed by atoms with Gasteiger partial charge in [-0.2, -0.15) is 61.7 Å². The maximum absolute atomic E-state index is 12.9. The first-order valence-corrected chi connectivity index (χ1v) is 8.96. The van der Waals surface area contributed by atoms with E-state index < -0.39 is 44.2 Å². The van der Waals surface area contributed by atoms with Gasteiger partial charge in [-0.05, 0) is 12.5 Å². The van der Waals surface area contributed by atoms with E-state index in [0.29, 0.717) is 0 Å². The van der Waals surface area contributed by atoms with Gasteiger partial charge in [0.25, 0.3) is 0 Å². The summed E-state index contributed by atoms with van der Waals surface area (Å²) < 4.78 is 111. The van der Waals surface area contributed by atoms with Crippen LogP contribution in [0.2, 0.25) is 6.04 Å². The van der Waals surface area contributed by atoms with Crippen LogP contribution >= 0.6 is 22.2 Å². The van der Waals surface area contributed by atoms with Crippen molar-refractivity contribution >= 4 is 29.6 Å². The SMILES string of the molecule is FC(F)(F)C(F)(F)C(F)(F)C(F)(F)CCC[SiH](Cl)Cl. The molecule has 0 atom stereocenters. The molecule has 0 aromatic carbocycles. The minimum absolute atomic E-state index is 0.313. The van der Waals surface area contributed by atoms with Crippen molar-refractivity contribution in [3.8, 4) is 0 Å². The van der Waals surface area contributed by atoms with Crippen LogP contribution in [0, 0.1) is 0 Å². The predicted molar refractivity (Wildman–Crippen MR) is 53.8 cm³/mol. The molecule has 0 saturated carbocycles. The second-order valence-corrected chi connectivity index (χ2v) is 8.82. The molecule has 0 bridgehead atoms. The lowest BCUT2D eigenvalue weighted by molar-refractivity contribution is -0.396. The maximum Gasteiger partial charge on any atom is 0.460 e. The Labute approximate surface area is 112 Å². The highest BCUT2D eigenvalue weighted by Crippen LogP contribution is 2.54. The zero-order valence-electron chi connectivity index (χ0n) is 8.86. The van der Waals surface area contributed by atoms with Gasteiger partial charge in [0.05, 0.1) is 0 Å². The van der Waals surface area contributed by atoms with Crippen molar-refractivity contribution in [2.24, 2.45) is 0 Å². The highest BCUT2D eigenvalue weighted by atomic mass is 35.7. The van der Waals surface area contributed by atoms with Crippen molar-refractivity contribution < 1.29 is 39.5 Å². The second-order valence-electron chi connectivity index (χ2n) is 3.63. The maximum atomic E-state index is 12.9. The van der Waals surface area contributed by atoms with Crippen LogP contribution in [0.5, 0.6) is 0 Å². The lowest BCUT2D eigenvalue weighted by atomic mass is 10.00. The van der Waals surface area contributed by atoms with Crippen LogP contribution in [0.3, 0.4) is 0 Å². The summed E-state index contributed by atoms with van der Waals surface area (Å²) in [7, 11) is -2.43.